The fourth-order valence-corrected chi connectivity index (χ4v) is 12.5. The van der Waals surface area contributed by atoms with Crippen molar-refractivity contribution in [3.8, 4) is 0 Å². The van der Waals surface area contributed by atoms with Crippen LogP contribution in [0.2, 0.25) is 0 Å². The molecule has 4 aliphatic carbocycles. The number of halogens is 4. The average molecular weight is 672 g/mol. The van der Waals surface area contributed by atoms with Crippen molar-refractivity contribution >= 4 is 87.3 Å². The Bertz CT molecular complexity index is 843. The van der Waals surface area contributed by atoms with Crippen molar-refractivity contribution < 1.29 is 19.2 Å². The van der Waals surface area contributed by atoms with Gasteiger partial charge in [-0.15, -0.1) is 0 Å². The zero-order chi connectivity index (χ0) is 21.3. The van der Waals surface area contributed by atoms with Gasteiger partial charge in [-0.3, -0.25) is 29.8 Å². The zero-order valence-electron chi connectivity index (χ0n) is 15.7. The van der Waals surface area contributed by atoms with Gasteiger partial charge in [0.1, 0.15) is 0 Å². The molecule has 12 unspecified atom stereocenters. The molecule has 4 saturated carbocycles. The van der Waals surface area contributed by atoms with Gasteiger partial charge in [-0.2, -0.15) is 0 Å². The molecule has 12 atom stereocenters. The molecule has 2 saturated heterocycles. The van der Waals surface area contributed by atoms with E-state index in [2.05, 4.69) is 74.4 Å². The summed E-state index contributed by atoms with van der Waals surface area (Å²) >= 11 is 15.3. The van der Waals surface area contributed by atoms with E-state index in [1.165, 1.54) is 0 Å². The number of amides is 4. The van der Waals surface area contributed by atoms with Gasteiger partial charge in [0.2, 0.25) is 23.6 Å². The van der Waals surface area contributed by atoms with E-state index in [9.17, 15) is 19.2 Å². The molecule has 0 radical (unpaired) electrons. The average Bonchev–Trinajstić information content (AvgIpc) is 3.46. The lowest BCUT2D eigenvalue weighted by molar-refractivity contribution is -0.130. The minimum Gasteiger partial charge on any atom is -0.296 e. The Hall–Kier alpha value is 0.200. The van der Waals surface area contributed by atoms with Gasteiger partial charge in [0.15, 0.2) is 0 Å². The molecule has 10 heteroatoms. The highest BCUT2D eigenvalue weighted by molar-refractivity contribution is 9.12. The molecule has 4 amide bonds. The summed E-state index contributed by atoms with van der Waals surface area (Å²) in [7, 11) is 0. The molecule has 6 nitrogen and oxygen atoms in total. The van der Waals surface area contributed by atoms with Crippen LogP contribution in [-0.4, -0.2) is 42.9 Å². The number of hydrogen-bond donors (Lipinski definition) is 2. The van der Waals surface area contributed by atoms with Crippen molar-refractivity contribution in [1.29, 1.82) is 0 Å². The Morgan fingerprint density at radius 2 is 1.03 bits per heavy atom. The first-order valence-corrected chi connectivity index (χ1v) is 14.1. The minimum absolute atomic E-state index is 0.0891. The summed E-state index contributed by atoms with van der Waals surface area (Å²) in [6, 6.07) is 0. The second-order valence-corrected chi connectivity index (χ2v) is 14.2. The summed E-state index contributed by atoms with van der Waals surface area (Å²) in [4.78, 5) is 51.0. The van der Waals surface area contributed by atoms with E-state index >= 15 is 0 Å². The smallest absolute Gasteiger partial charge is 0.231 e. The number of carbonyl (C=O) groups excluding carboxylic acids is 4. The van der Waals surface area contributed by atoms with Gasteiger partial charge < -0.3 is 0 Å². The Kier molecular flexibility index (Phi) is 4.44. The fourth-order valence-electron chi connectivity index (χ4n) is 8.21. The summed E-state index contributed by atoms with van der Waals surface area (Å²) in [6.45, 7) is 0. The number of alkyl halides is 4. The molecule has 30 heavy (non-hydrogen) atoms. The van der Waals surface area contributed by atoms with Gasteiger partial charge >= 0.3 is 0 Å². The standard InChI is InChI=1S/C20H20Br4N2O4/c21-11-5-3-19(13(11)23,9-7(5)15(27)25-17(9)29)1-2-20-4-6(12(22)14(20)24)8-10(20)18(30)26-16(8)28/h5-14H,1-4H2,(H,25,27,29)(H,26,28,30). The third kappa shape index (κ3) is 2.21. The number of fused-ring (bicyclic) bond motifs is 10. The van der Waals surface area contributed by atoms with Crippen LogP contribution in [0.5, 0.6) is 0 Å². The van der Waals surface area contributed by atoms with Crippen LogP contribution in [0.4, 0.5) is 0 Å². The summed E-state index contributed by atoms with van der Waals surface area (Å²) in [5.41, 5.74) is -0.642. The molecule has 0 aromatic heterocycles. The Morgan fingerprint density at radius 1 is 0.667 bits per heavy atom. The summed E-state index contributed by atoms with van der Waals surface area (Å²) in [5.74, 6) is -1.46. The summed E-state index contributed by atoms with van der Waals surface area (Å²) < 4.78 is 0. The van der Waals surface area contributed by atoms with Crippen LogP contribution in [-0.2, 0) is 19.2 Å². The van der Waals surface area contributed by atoms with Gasteiger partial charge in [0.05, 0.1) is 23.7 Å². The second-order valence-electron chi connectivity index (χ2n) is 10.1. The van der Waals surface area contributed by atoms with Gasteiger partial charge in [-0.25, -0.2) is 0 Å². The third-order valence-corrected chi connectivity index (χ3v) is 16.1. The van der Waals surface area contributed by atoms with E-state index < -0.39 is 0 Å². The highest BCUT2D eigenvalue weighted by Crippen LogP contribution is 2.72. The Labute approximate surface area is 207 Å². The first kappa shape index (κ1) is 20.8. The molecule has 6 rings (SSSR count). The van der Waals surface area contributed by atoms with Gasteiger partial charge in [-0.1, -0.05) is 63.7 Å². The fraction of sp³-hybridized carbons (Fsp3) is 0.800. The zero-order valence-corrected chi connectivity index (χ0v) is 22.1. The second kappa shape index (κ2) is 6.41. The molecule has 2 N–H and O–H groups in total. The maximum Gasteiger partial charge on any atom is 0.231 e. The lowest BCUT2D eigenvalue weighted by atomic mass is 9.63. The number of carbonyl (C=O) groups is 4. The van der Waals surface area contributed by atoms with Crippen molar-refractivity contribution in [3.63, 3.8) is 0 Å². The van der Waals surface area contributed by atoms with Gasteiger partial charge in [-0.05, 0) is 48.3 Å². The monoisotopic (exact) mass is 668 g/mol. The van der Waals surface area contributed by atoms with E-state index in [0.29, 0.717) is 0 Å². The summed E-state index contributed by atoms with van der Waals surface area (Å²) in [6.07, 6.45) is 3.17. The highest BCUT2D eigenvalue weighted by atomic mass is 79.9. The molecule has 162 valence electrons. The SMILES string of the molecule is O=C1NC(=O)C2C1C1CC2(CCC23CC(C(Br)C2Br)C2C(=O)NC(=O)C23)C(Br)C1Br. The quantitative estimate of drug-likeness (QED) is 0.357. The van der Waals surface area contributed by atoms with Crippen molar-refractivity contribution in [2.24, 2.45) is 46.3 Å². The van der Waals surface area contributed by atoms with Crippen molar-refractivity contribution in [2.75, 3.05) is 0 Å². The number of nitrogens with one attached hydrogen (secondary N) is 2. The van der Waals surface area contributed by atoms with E-state index in [-0.39, 0.29) is 89.3 Å². The van der Waals surface area contributed by atoms with Crippen LogP contribution in [0, 0.1) is 46.3 Å². The molecule has 4 bridgehead atoms. The van der Waals surface area contributed by atoms with Crippen LogP contribution in [0.15, 0.2) is 0 Å². The normalized spacial score (nSPS) is 57.7. The van der Waals surface area contributed by atoms with E-state index in [1.54, 1.807) is 0 Å². The Morgan fingerprint density at radius 3 is 1.40 bits per heavy atom. The van der Waals surface area contributed by atoms with E-state index in [1.807, 2.05) is 0 Å². The van der Waals surface area contributed by atoms with E-state index in [4.69, 9.17) is 0 Å². The molecule has 6 fully saturated rings. The molecule has 0 spiro atoms. The predicted molar refractivity (Wildman–Crippen MR) is 121 cm³/mol. The molecular formula is C20H20Br4N2O4. The number of hydrogen-bond acceptors (Lipinski definition) is 4. The molecule has 2 heterocycles. The predicted octanol–water partition coefficient (Wildman–Crippen LogP) is 2.64. The number of rotatable bonds is 3. The molecule has 2 aliphatic heterocycles. The maximum absolute atomic E-state index is 12.8. The van der Waals surface area contributed by atoms with Gasteiger partial charge in [0.25, 0.3) is 0 Å². The molecule has 6 aliphatic rings. The van der Waals surface area contributed by atoms with Crippen LogP contribution < -0.4 is 10.6 Å². The summed E-state index contributed by atoms with van der Waals surface area (Å²) in [5, 5.41) is 5.13. The maximum atomic E-state index is 12.8. The molecule has 0 aromatic rings. The van der Waals surface area contributed by atoms with Crippen LogP contribution in [0.25, 0.3) is 0 Å². The van der Waals surface area contributed by atoms with Crippen molar-refractivity contribution in [2.45, 2.75) is 45.0 Å². The third-order valence-electron chi connectivity index (χ3n) is 9.31. The van der Waals surface area contributed by atoms with Crippen LogP contribution >= 0.6 is 63.7 Å². The highest BCUT2D eigenvalue weighted by Gasteiger charge is 2.75. The van der Waals surface area contributed by atoms with Crippen LogP contribution in [0.3, 0.4) is 0 Å². The number of imide groups is 2. The van der Waals surface area contributed by atoms with E-state index in [0.717, 1.165) is 25.7 Å². The first-order valence-electron chi connectivity index (χ1n) is 10.4. The van der Waals surface area contributed by atoms with Crippen molar-refractivity contribution in [3.05, 3.63) is 0 Å². The molecular weight excluding hydrogens is 652 g/mol. The van der Waals surface area contributed by atoms with Gasteiger partial charge in [0, 0.05) is 19.3 Å². The molecule has 0 aromatic carbocycles. The first-order chi connectivity index (χ1) is 14.1. The topological polar surface area (TPSA) is 92.3 Å². The lowest BCUT2D eigenvalue weighted by Crippen LogP contribution is -2.48. The largest absolute Gasteiger partial charge is 0.296 e. The van der Waals surface area contributed by atoms with Crippen molar-refractivity contribution in [1.82, 2.24) is 10.6 Å². The minimum atomic E-state index is -0.321. The Balaban J connectivity index is 1.36. The van der Waals surface area contributed by atoms with Crippen LogP contribution in [0.1, 0.15) is 25.7 Å². The lowest BCUT2D eigenvalue weighted by Gasteiger charge is -2.44.